The highest BCUT2D eigenvalue weighted by atomic mass is 79.9. The first-order chi connectivity index (χ1) is 12.7. The molecule has 0 spiro atoms. The fourth-order valence-corrected chi connectivity index (χ4v) is 3.45. The molecule has 0 aromatic heterocycles. The molecule has 1 aliphatic rings. The lowest BCUT2D eigenvalue weighted by molar-refractivity contribution is -0.117. The molecule has 0 atom stereocenters. The number of amides is 1. The zero-order chi connectivity index (χ0) is 18.4. The van der Waals surface area contributed by atoms with Gasteiger partial charge in [0.1, 0.15) is 5.75 Å². The summed E-state index contributed by atoms with van der Waals surface area (Å²) in [5.74, 6) is 0.906. The summed E-state index contributed by atoms with van der Waals surface area (Å²) in [5, 5.41) is 3.02. The average Bonchev–Trinajstić information content (AvgIpc) is 2.68. The number of carbonyl (C=O) groups excluding carboxylic acids is 1. The van der Waals surface area contributed by atoms with Crippen LogP contribution in [-0.2, 0) is 17.9 Å². The quantitative estimate of drug-likeness (QED) is 0.778. The van der Waals surface area contributed by atoms with Gasteiger partial charge in [-0.3, -0.25) is 9.69 Å². The van der Waals surface area contributed by atoms with Crippen LogP contribution in [0.5, 0.6) is 5.75 Å². The molecular formula is C21H23BrN2O2. The second kappa shape index (κ2) is 9.01. The molecule has 136 valence electrons. The van der Waals surface area contributed by atoms with Crippen LogP contribution in [-0.4, -0.2) is 31.0 Å². The first kappa shape index (κ1) is 18.7. The zero-order valence-corrected chi connectivity index (χ0v) is 16.5. The molecule has 26 heavy (non-hydrogen) atoms. The van der Waals surface area contributed by atoms with E-state index in [4.69, 9.17) is 4.74 Å². The Bertz CT molecular complexity index is 804. The van der Waals surface area contributed by atoms with Gasteiger partial charge >= 0.3 is 0 Å². The summed E-state index contributed by atoms with van der Waals surface area (Å²) >= 11 is 3.51. The first-order valence-electron chi connectivity index (χ1n) is 8.71. The molecule has 0 saturated carbocycles. The average molecular weight is 415 g/mol. The summed E-state index contributed by atoms with van der Waals surface area (Å²) in [6, 6.07) is 16.1. The number of benzene rings is 2. The SMILES string of the molecule is COc1cccc(CN2CC=C(C(=O)NCc3ccccc3Br)CC2)c1. The fraction of sp³-hybridized carbons (Fsp3) is 0.286. The largest absolute Gasteiger partial charge is 0.497 e. The van der Waals surface area contributed by atoms with E-state index in [-0.39, 0.29) is 5.91 Å². The Balaban J connectivity index is 1.52. The molecule has 4 nitrogen and oxygen atoms in total. The number of hydrogen-bond donors (Lipinski definition) is 1. The maximum Gasteiger partial charge on any atom is 0.247 e. The number of nitrogens with one attached hydrogen (secondary N) is 1. The van der Waals surface area contributed by atoms with E-state index in [0.29, 0.717) is 6.54 Å². The van der Waals surface area contributed by atoms with Crippen LogP contribution in [0.15, 0.2) is 64.7 Å². The van der Waals surface area contributed by atoms with Crippen molar-refractivity contribution in [2.24, 2.45) is 0 Å². The molecule has 2 aromatic rings. The minimum Gasteiger partial charge on any atom is -0.497 e. The van der Waals surface area contributed by atoms with Crippen molar-refractivity contribution in [2.75, 3.05) is 20.2 Å². The highest BCUT2D eigenvalue weighted by Gasteiger charge is 2.17. The minimum absolute atomic E-state index is 0.0294. The molecule has 1 aliphatic heterocycles. The molecular weight excluding hydrogens is 392 g/mol. The van der Waals surface area contributed by atoms with Crippen LogP contribution >= 0.6 is 15.9 Å². The molecule has 0 radical (unpaired) electrons. The predicted octanol–water partition coefficient (Wildman–Crippen LogP) is 3.91. The molecule has 3 rings (SSSR count). The summed E-state index contributed by atoms with van der Waals surface area (Å²) < 4.78 is 6.29. The maximum absolute atomic E-state index is 12.4. The van der Waals surface area contributed by atoms with Crippen molar-refractivity contribution in [2.45, 2.75) is 19.5 Å². The Labute approximate surface area is 163 Å². The van der Waals surface area contributed by atoms with E-state index in [1.807, 2.05) is 42.5 Å². The van der Waals surface area contributed by atoms with Crippen LogP contribution < -0.4 is 10.1 Å². The molecule has 0 fully saturated rings. The lowest BCUT2D eigenvalue weighted by Gasteiger charge is -2.26. The van der Waals surface area contributed by atoms with E-state index in [1.54, 1.807) is 7.11 Å². The topological polar surface area (TPSA) is 41.6 Å². The molecule has 0 aliphatic carbocycles. The van der Waals surface area contributed by atoms with Crippen molar-refractivity contribution in [3.63, 3.8) is 0 Å². The van der Waals surface area contributed by atoms with Gasteiger partial charge < -0.3 is 10.1 Å². The van der Waals surface area contributed by atoms with Gasteiger partial charge in [0.15, 0.2) is 0 Å². The summed E-state index contributed by atoms with van der Waals surface area (Å²) in [6.45, 7) is 3.06. The van der Waals surface area contributed by atoms with E-state index in [9.17, 15) is 4.79 Å². The van der Waals surface area contributed by atoms with Crippen LogP contribution in [0.4, 0.5) is 0 Å². The van der Waals surface area contributed by atoms with Crippen LogP contribution in [0, 0.1) is 0 Å². The van der Waals surface area contributed by atoms with Gasteiger partial charge in [-0.25, -0.2) is 0 Å². The number of rotatable bonds is 6. The highest BCUT2D eigenvalue weighted by Crippen LogP contribution is 2.18. The van der Waals surface area contributed by atoms with Crippen molar-refractivity contribution >= 4 is 21.8 Å². The normalized spacial score (nSPS) is 14.6. The Morgan fingerprint density at radius 2 is 2.08 bits per heavy atom. The molecule has 1 amide bonds. The monoisotopic (exact) mass is 414 g/mol. The van der Waals surface area contributed by atoms with Crippen molar-refractivity contribution in [3.8, 4) is 5.75 Å². The number of carbonyl (C=O) groups is 1. The zero-order valence-electron chi connectivity index (χ0n) is 14.9. The number of nitrogens with zero attached hydrogens (tertiary/aromatic N) is 1. The minimum atomic E-state index is 0.0294. The molecule has 2 aromatic carbocycles. The highest BCUT2D eigenvalue weighted by molar-refractivity contribution is 9.10. The lowest BCUT2D eigenvalue weighted by atomic mass is 10.1. The van der Waals surface area contributed by atoms with E-state index >= 15 is 0 Å². The smallest absolute Gasteiger partial charge is 0.247 e. The first-order valence-corrected chi connectivity index (χ1v) is 9.51. The second-order valence-electron chi connectivity index (χ2n) is 6.34. The third-order valence-corrected chi connectivity index (χ3v) is 5.30. The fourth-order valence-electron chi connectivity index (χ4n) is 3.02. The van der Waals surface area contributed by atoms with Gasteiger partial charge in [-0.15, -0.1) is 0 Å². The Morgan fingerprint density at radius 3 is 2.81 bits per heavy atom. The van der Waals surface area contributed by atoms with Crippen LogP contribution in [0.1, 0.15) is 17.5 Å². The number of hydrogen-bond acceptors (Lipinski definition) is 3. The number of halogens is 1. The van der Waals surface area contributed by atoms with Gasteiger partial charge in [-0.1, -0.05) is 52.3 Å². The Hall–Kier alpha value is -2.11. The van der Waals surface area contributed by atoms with Crippen molar-refractivity contribution in [1.29, 1.82) is 0 Å². The predicted molar refractivity (Wildman–Crippen MR) is 107 cm³/mol. The summed E-state index contributed by atoms with van der Waals surface area (Å²) in [7, 11) is 1.68. The Morgan fingerprint density at radius 1 is 1.23 bits per heavy atom. The van der Waals surface area contributed by atoms with Gasteiger partial charge in [0.25, 0.3) is 0 Å². The van der Waals surface area contributed by atoms with Crippen LogP contribution in [0.25, 0.3) is 0 Å². The van der Waals surface area contributed by atoms with Crippen LogP contribution in [0.3, 0.4) is 0 Å². The third-order valence-electron chi connectivity index (χ3n) is 4.52. The molecule has 5 heteroatoms. The third kappa shape index (κ3) is 4.96. The van der Waals surface area contributed by atoms with E-state index in [0.717, 1.165) is 47.4 Å². The van der Waals surface area contributed by atoms with Gasteiger partial charge in [0.05, 0.1) is 7.11 Å². The van der Waals surface area contributed by atoms with Crippen molar-refractivity contribution in [1.82, 2.24) is 10.2 Å². The molecule has 0 unspecified atom stereocenters. The number of methoxy groups -OCH3 is 1. The van der Waals surface area contributed by atoms with Gasteiger partial charge in [-0.2, -0.15) is 0 Å². The van der Waals surface area contributed by atoms with E-state index in [2.05, 4.69) is 38.3 Å². The second-order valence-corrected chi connectivity index (χ2v) is 7.19. The Kier molecular flexibility index (Phi) is 6.47. The maximum atomic E-state index is 12.4. The molecule has 1 N–H and O–H groups in total. The van der Waals surface area contributed by atoms with Crippen molar-refractivity contribution in [3.05, 3.63) is 75.8 Å². The van der Waals surface area contributed by atoms with E-state index < -0.39 is 0 Å². The van der Waals surface area contributed by atoms with E-state index in [1.165, 1.54) is 5.56 Å². The molecule has 0 saturated heterocycles. The molecule has 0 bridgehead atoms. The summed E-state index contributed by atoms with van der Waals surface area (Å²) in [6.07, 6.45) is 2.81. The van der Waals surface area contributed by atoms with Gasteiger partial charge in [0.2, 0.25) is 5.91 Å². The lowest BCUT2D eigenvalue weighted by Crippen LogP contribution is -2.33. The van der Waals surface area contributed by atoms with Crippen molar-refractivity contribution < 1.29 is 9.53 Å². The molecule has 1 heterocycles. The number of ether oxygens (including phenoxy) is 1. The standard InChI is InChI=1S/C21H23BrN2O2/c1-26-19-7-4-5-16(13-19)15-24-11-9-17(10-12-24)21(25)23-14-18-6-2-3-8-20(18)22/h2-9,13H,10-12,14-15H2,1H3,(H,23,25). The van der Waals surface area contributed by atoms with Crippen LogP contribution in [0.2, 0.25) is 0 Å². The summed E-state index contributed by atoms with van der Waals surface area (Å²) in [5.41, 5.74) is 3.18. The summed E-state index contributed by atoms with van der Waals surface area (Å²) in [4.78, 5) is 14.7. The van der Waals surface area contributed by atoms with Gasteiger partial charge in [0, 0.05) is 36.2 Å². The van der Waals surface area contributed by atoms with Gasteiger partial charge in [-0.05, 0) is 35.7 Å².